The van der Waals surface area contributed by atoms with Gasteiger partial charge in [-0.25, -0.2) is 9.97 Å². The van der Waals surface area contributed by atoms with Crippen LogP contribution in [0.2, 0.25) is 0 Å². The third-order valence-corrected chi connectivity index (χ3v) is 3.22. The molecule has 0 atom stereocenters. The number of nitrogens with one attached hydrogen (secondary N) is 1. The van der Waals surface area contributed by atoms with E-state index in [4.69, 9.17) is 0 Å². The molecule has 0 fully saturated rings. The quantitative estimate of drug-likeness (QED) is 0.859. The highest BCUT2D eigenvalue weighted by Gasteiger charge is 2.28. The van der Waals surface area contributed by atoms with Crippen molar-refractivity contribution < 1.29 is 9.59 Å². The first kappa shape index (κ1) is 15.4. The number of carbonyl (C=O) groups excluding carboxylic acids is 2. The molecule has 2 aromatic heterocycles. The summed E-state index contributed by atoms with van der Waals surface area (Å²) in [5.74, 6) is -0.115. The Morgan fingerprint density at radius 3 is 2.10 bits per heavy atom. The third kappa shape index (κ3) is 2.86. The minimum atomic E-state index is -0.535. The van der Waals surface area contributed by atoms with E-state index in [1.807, 2.05) is 41.5 Å². The number of Topliss-reactive ketones (excluding diaryl/α,β-unsaturated/α-hetero) is 2. The minimum absolute atomic E-state index is 0.0246. The van der Waals surface area contributed by atoms with Crippen molar-refractivity contribution in [2.45, 2.75) is 41.5 Å². The van der Waals surface area contributed by atoms with E-state index in [0.717, 1.165) is 0 Å². The number of aromatic amines is 1. The van der Waals surface area contributed by atoms with Crippen molar-refractivity contribution in [1.82, 2.24) is 15.0 Å². The highest BCUT2D eigenvalue weighted by Crippen LogP contribution is 2.26. The largest absolute Gasteiger partial charge is 0.344 e. The molecule has 5 heteroatoms. The molecule has 21 heavy (non-hydrogen) atoms. The van der Waals surface area contributed by atoms with Crippen LogP contribution in [0.5, 0.6) is 0 Å². The molecule has 5 nitrogen and oxygen atoms in total. The van der Waals surface area contributed by atoms with Crippen molar-refractivity contribution in [2.75, 3.05) is 0 Å². The molecule has 0 unspecified atom stereocenters. The average molecular weight is 287 g/mol. The van der Waals surface area contributed by atoms with E-state index in [1.165, 1.54) is 6.20 Å². The molecular weight excluding hydrogens is 266 g/mol. The fourth-order valence-corrected chi connectivity index (χ4v) is 1.96. The summed E-state index contributed by atoms with van der Waals surface area (Å²) in [6.07, 6.45) is 3.07. The molecule has 2 heterocycles. The fraction of sp³-hybridized carbons (Fsp3) is 0.500. The standard InChI is InChI=1S/C16H21N3O2/c1-15(2,3)12(20)9-7-17-14-11(9)19-10(8-18-14)13(21)16(4,5)6/h7-8H,1-6H3,(H,17,18). The lowest BCUT2D eigenvalue weighted by Crippen LogP contribution is -2.22. The molecule has 0 aliphatic rings. The Morgan fingerprint density at radius 1 is 1.00 bits per heavy atom. The molecule has 0 aliphatic heterocycles. The van der Waals surface area contributed by atoms with Crippen molar-refractivity contribution in [3.05, 3.63) is 23.7 Å². The Kier molecular flexibility index (Phi) is 3.48. The summed E-state index contributed by atoms with van der Waals surface area (Å²) in [5, 5.41) is 0. The molecule has 2 aromatic rings. The second kappa shape index (κ2) is 4.76. The summed E-state index contributed by atoms with van der Waals surface area (Å²) in [4.78, 5) is 36.3. The summed E-state index contributed by atoms with van der Waals surface area (Å²) in [7, 11) is 0. The Labute approximate surface area is 124 Å². The molecule has 0 aromatic carbocycles. The second-order valence-corrected chi connectivity index (χ2v) is 7.31. The van der Waals surface area contributed by atoms with Gasteiger partial charge >= 0.3 is 0 Å². The molecular formula is C16H21N3O2. The maximum Gasteiger partial charge on any atom is 0.188 e. The van der Waals surface area contributed by atoms with Crippen LogP contribution >= 0.6 is 0 Å². The number of hydrogen-bond donors (Lipinski definition) is 1. The molecule has 0 amide bonds. The highest BCUT2D eigenvalue weighted by molar-refractivity contribution is 6.09. The summed E-state index contributed by atoms with van der Waals surface area (Å²) >= 11 is 0. The molecule has 0 spiro atoms. The molecule has 0 saturated carbocycles. The van der Waals surface area contributed by atoms with E-state index in [-0.39, 0.29) is 17.3 Å². The second-order valence-electron chi connectivity index (χ2n) is 7.31. The lowest BCUT2D eigenvalue weighted by Gasteiger charge is -2.16. The van der Waals surface area contributed by atoms with Crippen LogP contribution in [0, 0.1) is 10.8 Å². The molecule has 0 saturated heterocycles. The van der Waals surface area contributed by atoms with Gasteiger partial charge in [0.2, 0.25) is 0 Å². The van der Waals surface area contributed by atoms with Gasteiger partial charge in [-0.3, -0.25) is 9.59 Å². The third-order valence-electron chi connectivity index (χ3n) is 3.22. The number of rotatable bonds is 2. The number of hydrogen-bond acceptors (Lipinski definition) is 4. The Hall–Kier alpha value is -2.04. The zero-order valence-electron chi connectivity index (χ0n) is 13.4. The number of ketones is 2. The lowest BCUT2D eigenvalue weighted by atomic mass is 9.87. The Balaban J connectivity index is 2.57. The summed E-state index contributed by atoms with van der Waals surface area (Å²) in [6, 6.07) is 0. The van der Waals surface area contributed by atoms with Gasteiger partial charge in [-0.05, 0) is 0 Å². The predicted molar refractivity (Wildman–Crippen MR) is 81.5 cm³/mol. The number of H-pyrrole nitrogens is 1. The van der Waals surface area contributed by atoms with Gasteiger partial charge < -0.3 is 4.98 Å². The van der Waals surface area contributed by atoms with Gasteiger partial charge in [0.25, 0.3) is 0 Å². The topological polar surface area (TPSA) is 75.7 Å². The Bertz CT molecular complexity index is 715. The average Bonchev–Trinajstić information content (AvgIpc) is 2.77. The number of carbonyl (C=O) groups is 2. The van der Waals surface area contributed by atoms with Crippen molar-refractivity contribution >= 4 is 22.7 Å². The van der Waals surface area contributed by atoms with E-state index in [0.29, 0.717) is 16.7 Å². The smallest absolute Gasteiger partial charge is 0.188 e. The van der Waals surface area contributed by atoms with Crippen LogP contribution in [0.15, 0.2) is 12.4 Å². The number of nitrogens with zero attached hydrogens (tertiary/aromatic N) is 2. The molecule has 112 valence electrons. The van der Waals surface area contributed by atoms with Crippen LogP contribution in [0.1, 0.15) is 62.4 Å². The van der Waals surface area contributed by atoms with E-state index in [1.54, 1.807) is 6.20 Å². The molecule has 1 N–H and O–H groups in total. The highest BCUT2D eigenvalue weighted by atomic mass is 16.1. The summed E-state index contributed by atoms with van der Waals surface area (Å²) in [5.41, 5.74) is 0.706. The first-order valence-corrected chi connectivity index (χ1v) is 6.95. The fourth-order valence-electron chi connectivity index (χ4n) is 1.96. The first-order valence-electron chi connectivity index (χ1n) is 6.95. The van der Waals surface area contributed by atoms with E-state index in [2.05, 4.69) is 15.0 Å². The van der Waals surface area contributed by atoms with E-state index in [9.17, 15) is 9.59 Å². The van der Waals surface area contributed by atoms with Gasteiger partial charge in [-0.2, -0.15) is 0 Å². The van der Waals surface area contributed by atoms with Gasteiger partial charge in [0.05, 0.1) is 11.8 Å². The lowest BCUT2D eigenvalue weighted by molar-refractivity contribution is 0.0847. The number of aromatic nitrogens is 3. The molecule has 0 aliphatic carbocycles. The van der Waals surface area contributed by atoms with Crippen LogP contribution in [0.3, 0.4) is 0 Å². The van der Waals surface area contributed by atoms with Crippen molar-refractivity contribution in [2.24, 2.45) is 10.8 Å². The van der Waals surface area contributed by atoms with Gasteiger partial charge in [0.1, 0.15) is 11.2 Å². The van der Waals surface area contributed by atoms with Gasteiger partial charge in [0.15, 0.2) is 17.2 Å². The van der Waals surface area contributed by atoms with Crippen LogP contribution in [-0.4, -0.2) is 26.5 Å². The predicted octanol–water partition coefficient (Wildman–Crippen LogP) is 3.42. The molecule has 0 radical (unpaired) electrons. The SMILES string of the molecule is CC(C)(C)C(=O)c1cnc2[nH]cc(C(=O)C(C)(C)C)c2n1. The molecule has 2 rings (SSSR count). The van der Waals surface area contributed by atoms with E-state index < -0.39 is 10.8 Å². The van der Waals surface area contributed by atoms with Gasteiger partial charge in [0, 0.05) is 17.0 Å². The zero-order chi connectivity index (χ0) is 16.0. The molecule has 0 bridgehead atoms. The van der Waals surface area contributed by atoms with Gasteiger partial charge in [-0.1, -0.05) is 41.5 Å². The first-order chi connectivity index (χ1) is 9.51. The summed E-state index contributed by atoms with van der Waals surface area (Å²) in [6.45, 7) is 11.1. The monoisotopic (exact) mass is 287 g/mol. The van der Waals surface area contributed by atoms with Crippen LogP contribution in [0.25, 0.3) is 11.2 Å². The van der Waals surface area contributed by atoms with E-state index >= 15 is 0 Å². The maximum absolute atomic E-state index is 12.4. The van der Waals surface area contributed by atoms with Crippen molar-refractivity contribution in [3.8, 4) is 0 Å². The van der Waals surface area contributed by atoms with Crippen LogP contribution in [0.4, 0.5) is 0 Å². The van der Waals surface area contributed by atoms with Crippen LogP contribution in [-0.2, 0) is 0 Å². The zero-order valence-corrected chi connectivity index (χ0v) is 13.4. The maximum atomic E-state index is 12.4. The number of fused-ring (bicyclic) bond motifs is 1. The normalized spacial score (nSPS) is 12.7. The van der Waals surface area contributed by atoms with Crippen molar-refractivity contribution in [3.63, 3.8) is 0 Å². The summed E-state index contributed by atoms with van der Waals surface area (Å²) < 4.78 is 0. The Morgan fingerprint density at radius 2 is 1.57 bits per heavy atom. The van der Waals surface area contributed by atoms with Crippen LogP contribution < -0.4 is 0 Å². The van der Waals surface area contributed by atoms with Crippen molar-refractivity contribution in [1.29, 1.82) is 0 Å². The van der Waals surface area contributed by atoms with Gasteiger partial charge in [-0.15, -0.1) is 0 Å². The minimum Gasteiger partial charge on any atom is -0.344 e.